The molecular weight excluding hydrogens is 491 g/mol. The van der Waals surface area contributed by atoms with Crippen molar-refractivity contribution in [1.82, 2.24) is 5.32 Å². The zero-order chi connectivity index (χ0) is 26.9. The van der Waals surface area contributed by atoms with Crippen molar-refractivity contribution in [2.45, 2.75) is 46.0 Å². The molecule has 0 aliphatic carbocycles. The first-order chi connectivity index (χ1) is 17.7. The molecule has 0 atom stereocenters. The zero-order valence-corrected chi connectivity index (χ0v) is 22.4. The highest BCUT2D eigenvalue weighted by Crippen LogP contribution is 2.32. The standard InChI is InChI=1S/C29H34ClFN4O2/c1-19(2)25-7-5-8-26(20(3)4)27(25)34-28(36)32-17-6-18-35(24-15-11-22(31)12-16-24)29(37)33-23-13-9-21(30)10-14-23/h5,7-16,19-20H,6,17-18H2,1-4H3,(H,33,37)(H2,32,34,36). The van der Waals surface area contributed by atoms with Crippen LogP contribution in [0, 0.1) is 5.82 Å². The number of hydrogen-bond donors (Lipinski definition) is 3. The van der Waals surface area contributed by atoms with Crippen LogP contribution in [0.15, 0.2) is 66.7 Å². The van der Waals surface area contributed by atoms with Crippen LogP contribution in [-0.4, -0.2) is 25.2 Å². The third-order valence-electron chi connectivity index (χ3n) is 5.93. The van der Waals surface area contributed by atoms with E-state index in [0.717, 1.165) is 16.8 Å². The van der Waals surface area contributed by atoms with Gasteiger partial charge >= 0.3 is 12.1 Å². The fourth-order valence-electron chi connectivity index (χ4n) is 3.99. The number of nitrogens with zero attached hydrogens (tertiary/aromatic N) is 1. The van der Waals surface area contributed by atoms with Gasteiger partial charge in [-0.05, 0) is 77.9 Å². The minimum Gasteiger partial charge on any atom is -0.338 e. The number of hydrogen-bond acceptors (Lipinski definition) is 2. The van der Waals surface area contributed by atoms with Crippen molar-refractivity contribution in [2.75, 3.05) is 28.6 Å². The van der Waals surface area contributed by atoms with Crippen LogP contribution in [0.1, 0.15) is 57.1 Å². The lowest BCUT2D eigenvalue weighted by molar-refractivity contribution is 0.252. The molecule has 0 aliphatic heterocycles. The molecule has 3 aromatic rings. The Morgan fingerprint density at radius 3 is 2.03 bits per heavy atom. The van der Waals surface area contributed by atoms with E-state index in [4.69, 9.17) is 11.6 Å². The van der Waals surface area contributed by atoms with Gasteiger partial charge in [0.05, 0.1) is 0 Å². The summed E-state index contributed by atoms with van der Waals surface area (Å²) < 4.78 is 13.5. The SMILES string of the molecule is CC(C)c1cccc(C(C)C)c1NC(=O)NCCCN(C(=O)Nc1ccc(Cl)cc1)c1ccc(F)cc1. The van der Waals surface area contributed by atoms with Gasteiger partial charge in [0.1, 0.15) is 5.82 Å². The van der Waals surface area contributed by atoms with Gasteiger partial charge in [0, 0.05) is 35.2 Å². The predicted molar refractivity (Wildman–Crippen MR) is 150 cm³/mol. The molecule has 4 amide bonds. The van der Waals surface area contributed by atoms with Crippen LogP contribution in [0.3, 0.4) is 0 Å². The highest BCUT2D eigenvalue weighted by atomic mass is 35.5. The fraction of sp³-hybridized carbons (Fsp3) is 0.310. The molecule has 3 rings (SSSR count). The molecule has 37 heavy (non-hydrogen) atoms. The Morgan fingerprint density at radius 1 is 0.865 bits per heavy atom. The van der Waals surface area contributed by atoms with E-state index in [0.29, 0.717) is 35.9 Å². The van der Waals surface area contributed by atoms with Gasteiger partial charge in [0.15, 0.2) is 0 Å². The number of anilines is 3. The molecule has 0 radical (unpaired) electrons. The second-order valence-corrected chi connectivity index (χ2v) is 9.86. The molecule has 196 valence electrons. The molecule has 3 N–H and O–H groups in total. The number of carbonyl (C=O) groups excluding carboxylic acids is 2. The number of urea groups is 2. The van der Waals surface area contributed by atoms with Crippen molar-refractivity contribution in [3.05, 3.63) is 88.7 Å². The van der Waals surface area contributed by atoms with Gasteiger partial charge in [0.25, 0.3) is 0 Å². The van der Waals surface area contributed by atoms with Crippen LogP contribution in [0.5, 0.6) is 0 Å². The molecule has 0 saturated carbocycles. The maximum Gasteiger partial charge on any atom is 0.326 e. The minimum atomic E-state index is -0.386. The maximum absolute atomic E-state index is 13.5. The normalized spacial score (nSPS) is 10.9. The summed E-state index contributed by atoms with van der Waals surface area (Å²) in [7, 11) is 0. The van der Waals surface area contributed by atoms with E-state index in [9.17, 15) is 14.0 Å². The van der Waals surface area contributed by atoms with Gasteiger partial charge in [-0.15, -0.1) is 0 Å². The smallest absolute Gasteiger partial charge is 0.326 e. The third kappa shape index (κ3) is 7.95. The van der Waals surface area contributed by atoms with E-state index < -0.39 is 0 Å². The molecule has 3 aromatic carbocycles. The highest BCUT2D eigenvalue weighted by molar-refractivity contribution is 6.30. The van der Waals surface area contributed by atoms with Crippen LogP contribution >= 0.6 is 11.6 Å². The molecule has 0 heterocycles. The van der Waals surface area contributed by atoms with Gasteiger partial charge in [-0.1, -0.05) is 57.5 Å². The van der Waals surface area contributed by atoms with Crippen molar-refractivity contribution in [2.24, 2.45) is 0 Å². The summed E-state index contributed by atoms with van der Waals surface area (Å²) in [5, 5.41) is 9.32. The lowest BCUT2D eigenvalue weighted by Gasteiger charge is -2.24. The van der Waals surface area contributed by atoms with Gasteiger partial charge in [-0.25, -0.2) is 14.0 Å². The maximum atomic E-state index is 13.5. The number of halogens is 2. The Hall–Kier alpha value is -3.58. The molecule has 0 aliphatic rings. The Bertz CT molecular complexity index is 1170. The van der Waals surface area contributed by atoms with E-state index in [-0.39, 0.29) is 29.7 Å². The van der Waals surface area contributed by atoms with E-state index in [1.165, 1.54) is 17.0 Å². The van der Waals surface area contributed by atoms with E-state index in [2.05, 4.69) is 43.6 Å². The van der Waals surface area contributed by atoms with Crippen molar-refractivity contribution < 1.29 is 14.0 Å². The number of amides is 4. The number of nitrogens with one attached hydrogen (secondary N) is 3. The minimum absolute atomic E-state index is 0.261. The van der Waals surface area contributed by atoms with E-state index in [1.54, 1.807) is 36.4 Å². The molecule has 0 spiro atoms. The first kappa shape index (κ1) is 28.0. The molecule has 0 aromatic heterocycles. The largest absolute Gasteiger partial charge is 0.338 e. The molecule has 0 bridgehead atoms. The second kappa shape index (κ2) is 13.1. The van der Waals surface area contributed by atoms with Crippen LogP contribution in [0.4, 0.5) is 31.0 Å². The van der Waals surface area contributed by atoms with Crippen molar-refractivity contribution >= 4 is 40.7 Å². The van der Waals surface area contributed by atoms with Crippen LogP contribution < -0.4 is 20.9 Å². The number of benzene rings is 3. The second-order valence-electron chi connectivity index (χ2n) is 9.42. The highest BCUT2D eigenvalue weighted by Gasteiger charge is 2.18. The van der Waals surface area contributed by atoms with Crippen molar-refractivity contribution in [3.63, 3.8) is 0 Å². The monoisotopic (exact) mass is 524 g/mol. The van der Waals surface area contributed by atoms with Gasteiger partial charge in [-0.2, -0.15) is 0 Å². The van der Waals surface area contributed by atoms with Gasteiger partial charge < -0.3 is 16.0 Å². The third-order valence-corrected chi connectivity index (χ3v) is 6.19. The van der Waals surface area contributed by atoms with Gasteiger partial charge in [0.2, 0.25) is 0 Å². The first-order valence-electron chi connectivity index (χ1n) is 12.4. The summed E-state index contributed by atoms with van der Waals surface area (Å²) in [5.41, 5.74) is 4.15. The lowest BCUT2D eigenvalue weighted by atomic mass is 9.93. The van der Waals surface area contributed by atoms with E-state index >= 15 is 0 Å². The number of para-hydroxylation sites is 1. The van der Waals surface area contributed by atoms with Crippen molar-refractivity contribution in [3.8, 4) is 0 Å². The summed E-state index contributed by atoms with van der Waals surface area (Å²) in [6.07, 6.45) is 0.488. The topological polar surface area (TPSA) is 73.5 Å². The molecule has 6 nitrogen and oxygen atoms in total. The summed E-state index contributed by atoms with van der Waals surface area (Å²) in [6.45, 7) is 9.05. The van der Waals surface area contributed by atoms with Crippen LogP contribution in [0.2, 0.25) is 5.02 Å². The molecule has 0 saturated heterocycles. The average Bonchev–Trinajstić information content (AvgIpc) is 2.86. The number of rotatable bonds is 9. The lowest BCUT2D eigenvalue weighted by Crippen LogP contribution is -2.38. The molecule has 0 fully saturated rings. The average molecular weight is 525 g/mol. The Balaban J connectivity index is 1.63. The quantitative estimate of drug-likeness (QED) is 0.248. The summed E-state index contributed by atoms with van der Waals surface area (Å²) in [5.74, 6) is 0.137. The first-order valence-corrected chi connectivity index (χ1v) is 12.8. The molecule has 8 heteroatoms. The van der Waals surface area contributed by atoms with E-state index in [1.807, 2.05) is 18.2 Å². The van der Waals surface area contributed by atoms with Gasteiger partial charge in [-0.3, -0.25) is 4.90 Å². The van der Waals surface area contributed by atoms with Crippen molar-refractivity contribution in [1.29, 1.82) is 0 Å². The molecular formula is C29H34ClFN4O2. The summed E-state index contributed by atoms with van der Waals surface area (Å²) >= 11 is 5.93. The molecule has 0 unspecified atom stereocenters. The number of carbonyl (C=O) groups is 2. The van der Waals surface area contributed by atoms with Crippen LogP contribution in [0.25, 0.3) is 0 Å². The van der Waals surface area contributed by atoms with Crippen LogP contribution in [-0.2, 0) is 0 Å². The zero-order valence-electron chi connectivity index (χ0n) is 21.6. The Kier molecular flexibility index (Phi) is 9.92. The Morgan fingerprint density at radius 2 is 1.46 bits per heavy atom. The summed E-state index contributed by atoms with van der Waals surface area (Å²) in [6, 6.07) is 17.9. The Labute approximate surface area is 223 Å². The summed E-state index contributed by atoms with van der Waals surface area (Å²) in [4.78, 5) is 27.3. The fourth-order valence-corrected chi connectivity index (χ4v) is 4.11. The predicted octanol–water partition coefficient (Wildman–Crippen LogP) is 7.98.